The van der Waals surface area contributed by atoms with E-state index in [2.05, 4.69) is 27.0 Å². The minimum absolute atomic E-state index is 0.00862. The quantitative estimate of drug-likeness (QED) is 0.592. The third-order valence-corrected chi connectivity index (χ3v) is 5.29. The molecule has 1 fully saturated rings. The van der Waals surface area contributed by atoms with Gasteiger partial charge in [-0.3, -0.25) is 14.7 Å². The van der Waals surface area contributed by atoms with Gasteiger partial charge >= 0.3 is 0 Å². The Morgan fingerprint density at radius 2 is 2.00 bits per heavy atom. The average molecular weight is 364 g/mol. The predicted molar refractivity (Wildman–Crippen MR) is 102 cm³/mol. The van der Waals surface area contributed by atoms with E-state index in [-0.39, 0.29) is 11.7 Å². The number of carbonyl (C=O) groups is 1. The number of aromatic nitrogens is 3. The van der Waals surface area contributed by atoms with Gasteiger partial charge in [0.25, 0.3) is 5.89 Å². The smallest absolute Gasteiger partial charge is 0.263 e. The fourth-order valence-corrected chi connectivity index (χ4v) is 3.77. The zero-order chi connectivity index (χ0) is 18.5. The molecule has 140 valence electrons. The molecule has 0 bridgehead atoms. The lowest BCUT2D eigenvalue weighted by molar-refractivity contribution is 0.0940. The molecule has 0 saturated carbocycles. The highest BCUT2D eigenvalue weighted by atomic mass is 16.3. The van der Waals surface area contributed by atoms with Crippen molar-refractivity contribution in [2.75, 3.05) is 13.1 Å². The number of piperidine rings is 1. The predicted octanol–water partition coefficient (Wildman–Crippen LogP) is 3.88. The zero-order valence-corrected chi connectivity index (χ0v) is 15.4. The fourth-order valence-electron chi connectivity index (χ4n) is 3.77. The van der Waals surface area contributed by atoms with Gasteiger partial charge in [-0.05, 0) is 69.0 Å². The SMILES string of the molecule is O=C(CCCC1CCN(Cc2ccc3ncccc3n2)CC1)c1ncco1. The summed E-state index contributed by atoms with van der Waals surface area (Å²) in [5.74, 6) is 0.949. The number of hydrogen-bond acceptors (Lipinski definition) is 6. The molecule has 27 heavy (non-hydrogen) atoms. The summed E-state index contributed by atoms with van der Waals surface area (Å²) in [5, 5.41) is 0. The summed E-state index contributed by atoms with van der Waals surface area (Å²) in [7, 11) is 0. The molecule has 3 aromatic rings. The number of ketones is 1. The minimum Gasteiger partial charge on any atom is -0.442 e. The number of Topliss-reactive ketones (excluding diaryl/α,β-unsaturated/α-hetero) is 1. The second-order valence-corrected chi connectivity index (χ2v) is 7.22. The fraction of sp³-hybridized carbons (Fsp3) is 0.429. The van der Waals surface area contributed by atoms with E-state index in [4.69, 9.17) is 9.40 Å². The summed E-state index contributed by atoms with van der Waals surface area (Å²) in [6.45, 7) is 3.07. The van der Waals surface area contributed by atoms with E-state index in [1.807, 2.05) is 12.1 Å². The first-order chi connectivity index (χ1) is 13.3. The van der Waals surface area contributed by atoms with Gasteiger partial charge in [0.2, 0.25) is 5.78 Å². The maximum atomic E-state index is 11.9. The highest BCUT2D eigenvalue weighted by Crippen LogP contribution is 2.24. The molecule has 4 heterocycles. The third-order valence-electron chi connectivity index (χ3n) is 5.29. The standard InChI is InChI=1S/C21H24N4O2/c26-20(21-23-11-14-27-21)5-1-3-16-8-12-25(13-9-16)15-17-6-7-18-19(24-17)4-2-10-22-18/h2,4,6-7,10-11,14,16H,1,3,5,8-9,12-13,15H2. The number of hydrogen-bond donors (Lipinski definition) is 0. The Kier molecular flexibility index (Phi) is 5.53. The van der Waals surface area contributed by atoms with Gasteiger partial charge in [-0.25, -0.2) is 9.97 Å². The van der Waals surface area contributed by atoms with Crippen LogP contribution in [0.5, 0.6) is 0 Å². The second kappa shape index (κ2) is 8.39. The highest BCUT2D eigenvalue weighted by Gasteiger charge is 2.20. The lowest BCUT2D eigenvalue weighted by atomic mass is 9.91. The van der Waals surface area contributed by atoms with Crippen LogP contribution in [0.1, 0.15) is 48.5 Å². The van der Waals surface area contributed by atoms with Crippen molar-refractivity contribution in [3.63, 3.8) is 0 Å². The van der Waals surface area contributed by atoms with Gasteiger partial charge in [0.15, 0.2) is 0 Å². The van der Waals surface area contributed by atoms with Crippen molar-refractivity contribution in [2.45, 2.75) is 38.6 Å². The monoisotopic (exact) mass is 364 g/mol. The van der Waals surface area contributed by atoms with Crippen molar-refractivity contribution in [2.24, 2.45) is 5.92 Å². The molecule has 6 nitrogen and oxygen atoms in total. The van der Waals surface area contributed by atoms with Crippen LogP contribution in [0.15, 0.2) is 47.3 Å². The number of fused-ring (bicyclic) bond motifs is 1. The molecule has 1 aliphatic heterocycles. The first-order valence-electron chi connectivity index (χ1n) is 9.63. The lowest BCUT2D eigenvalue weighted by Gasteiger charge is -2.31. The molecule has 1 aliphatic rings. The lowest BCUT2D eigenvalue weighted by Crippen LogP contribution is -2.33. The van der Waals surface area contributed by atoms with Crippen molar-refractivity contribution >= 4 is 16.8 Å². The van der Waals surface area contributed by atoms with E-state index < -0.39 is 0 Å². The van der Waals surface area contributed by atoms with Gasteiger partial charge in [0, 0.05) is 19.2 Å². The molecule has 3 aromatic heterocycles. The Morgan fingerprint density at radius 1 is 1.11 bits per heavy atom. The number of oxazole rings is 1. The van der Waals surface area contributed by atoms with Crippen molar-refractivity contribution < 1.29 is 9.21 Å². The van der Waals surface area contributed by atoms with Crippen LogP contribution in [0.2, 0.25) is 0 Å². The molecule has 0 N–H and O–H groups in total. The van der Waals surface area contributed by atoms with Gasteiger partial charge in [0.05, 0.1) is 22.9 Å². The normalized spacial score (nSPS) is 16.0. The van der Waals surface area contributed by atoms with Gasteiger partial charge in [0.1, 0.15) is 6.26 Å². The van der Waals surface area contributed by atoms with Crippen LogP contribution < -0.4 is 0 Å². The molecular weight excluding hydrogens is 340 g/mol. The molecule has 0 radical (unpaired) electrons. The Hall–Kier alpha value is -2.60. The van der Waals surface area contributed by atoms with E-state index >= 15 is 0 Å². The molecule has 4 rings (SSSR count). The van der Waals surface area contributed by atoms with Crippen LogP contribution in [0.25, 0.3) is 11.0 Å². The number of carbonyl (C=O) groups excluding carboxylic acids is 1. The van der Waals surface area contributed by atoms with E-state index in [1.54, 1.807) is 6.20 Å². The number of rotatable bonds is 7. The molecule has 6 heteroatoms. The van der Waals surface area contributed by atoms with Gasteiger partial charge in [-0.1, -0.05) is 0 Å². The maximum Gasteiger partial charge on any atom is 0.263 e. The minimum atomic E-state index is 0.00862. The van der Waals surface area contributed by atoms with Crippen molar-refractivity contribution in [3.8, 4) is 0 Å². The molecule has 0 amide bonds. The first kappa shape index (κ1) is 17.8. The van der Waals surface area contributed by atoms with Crippen LogP contribution in [0, 0.1) is 5.92 Å². The molecule has 1 saturated heterocycles. The van der Waals surface area contributed by atoms with Gasteiger partial charge < -0.3 is 4.42 Å². The van der Waals surface area contributed by atoms with Crippen LogP contribution in [-0.2, 0) is 6.54 Å². The van der Waals surface area contributed by atoms with Gasteiger partial charge in [-0.2, -0.15) is 0 Å². The maximum absolute atomic E-state index is 11.9. The molecule has 0 aliphatic carbocycles. The van der Waals surface area contributed by atoms with Crippen molar-refractivity contribution in [1.82, 2.24) is 19.9 Å². The first-order valence-corrected chi connectivity index (χ1v) is 9.63. The van der Waals surface area contributed by atoms with Crippen LogP contribution >= 0.6 is 0 Å². The summed E-state index contributed by atoms with van der Waals surface area (Å²) in [6.07, 6.45) is 9.66. The Labute approximate surface area is 158 Å². The molecule has 0 spiro atoms. The third kappa shape index (κ3) is 4.57. The molecule has 0 unspecified atom stereocenters. The van der Waals surface area contributed by atoms with Crippen LogP contribution in [-0.4, -0.2) is 38.7 Å². The number of nitrogens with zero attached hydrogens (tertiary/aromatic N) is 4. The zero-order valence-electron chi connectivity index (χ0n) is 15.4. The Morgan fingerprint density at radius 3 is 2.81 bits per heavy atom. The van der Waals surface area contributed by atoms with E-state index in [1.165, 1.54) is 25.3 Å². The molecule has 0 atom stereocenters. The van der Waals surface area contributed by atoms with E-state index in [9.17, 15) is 4.79 Å². The summed E-state index contributed by atoms with van der Waals surface area (Å²) in [4.78, 5) is 27.4. The summed E-state index contributed by atoms with van der Waals surface area (Å²) in [5.41, 5.74) is 3.00. The Balaban J connectivity index is 1.21. The van der Waals surface area contributed by atoms with Crippen LogP contribution in [0.3, 0.4) is 0 Å². The van der Waals surface area contributed by atoms with Crippen molar-refractivity contribution in [3.05, 3.63) is 54.5 Å². The highest BCUT2D eigenvalue weighted by molar-refractivity contribution is 5.91. The topological polar surface area (TPSA) is 72.1 Å². The summed E-state index contributed by atoms with van der Waals surface area (Å²) in [6, 6.07) is 8.07. The second-order valence-electron chi connectivity index (χ2n) is 7.22. The van der Waals surface area contributed by atoms with Crippen LogP contribution in [0.4, 0.5) is 0 Å². The van der Waals surface area contributed by atoms with E-state index in [0.717, 1.165) is 49.2 Å². The molecule has 0 aromatic carbocycles. The summed E-state index contributed by atoms with van der Waals surface area (Å²) >= 11 is 0. The van der Waals surface area contributed by atoms with E-state index in [0.29, 0.717) is 12.3 Å². The van der Waals surface area contributed by atoms with Gasteiger partial charge in [-0.15, -0.1) is 0 Å². The summed E-state index contributed by atoms with van der Waals surface area (Å²) < 4.78 is 5.06. The van der Waals surface area contributed by atoms with Crippen molar-refractivity contribution in [1.29, 1.82) is 0 Å². The molecular formula is C21H24N4O2. The number of pyridine rings is 2. The largest absolute Gasteiger partial charge is 0.442 e. The average Bonchev–Trinajstić information content (AvgIpc) is 3.24. The Bertz CT molecular complexity index is 886. The number of likely N-dealkylation sites (tertiary alicyclic amines) is 1.